The van der Waals surface area contributed by atoms with Crippen LogP contribution in [-0.4, -0.2) is 18.0 Å². The van der Waals surface area contributed by atoms with Gasteiger partial charge in [0.05, 0.1) is 12.8 Å². The highest BCUT2D eigenvalue weighted by molar-refractivity contribution is 6.04. The van der Waals surface area contributed by atoms with E-state index in [0.717, 1.165) is 36.9 Å². The number of aromatic amines is 1. The van der Waals surface area contributed by atoms with E-state index >= 15 is 0 Å². The lowest BCUT2D eigenvalue weighted by Crippen LogP contribution is -2.26. The maximum atomic E-state index is 12.4. The maximum absolute atomic E-state index is 12.4. The third kappa shape index (κ3) is 2.74. The van der Waals surface area contributed by atoms with Crippen molar-refractivity contribution in [2.24, 2.45) is 0 Å². The number of ether oxygens (including phenoxy) is 1. The van der Waals surface area contributed by atoms with Gasteiger partial charge in [-0.1, -0.05) is 12.1 Å². The van der Waals surface area contributed by atoms with Crippen molar-refractivity contribution < 1.29 is 9.53 Å². The number of nitrogens with one attached hydrogen (secondary N) is 2. The first-order valence-electron chi connectivity index (χ1n) is 7.38. The molecule has 1 heterocycles. The lowest BCUT2D eigenvalue weighted by Gasteiger charge is -2.16. The average molecular weight is 298 g/mol. The van der Waals surface area contributed by atoms with E-state index in [2.05, 4.69) is 10.3 Å². The number of rotatable bonds is 3. The maximum Gasteiger partial charge on any atom is 0.261 e. The molecular formula is C17H18N2O3. The number of H-pyrrole nitrogens is 1. The monoisotopic (exact) mass is 298 g/mol. The first-order chi connectivity index (χ1) is 10.7. The molecule has 1 aliphatic carbocycles. The first-order valence-corrected chi connectivity index (χ1v) is 7.38. The average Bonchev–Trinajstić information content (AvgIpc) is 2.54. The van der Waals surface area contributed by atoms with E-state index in [1.807, 2.05) is 6.07 Å². The second-order valence-corrected chi connectivity index (χ2v) is 5.38. The van der Waals surface area contributed by atoms with Gasteiger partial charge < -0.3 is 15.0 Å². The van der Waals surface area contributed by atoms with Crippen molar-refractivity contribution in [3.05, 3.63) is 57.5 Å². The lowest BCUT2D eigenvalue weighted by atomic mass is 9.95. The van der Waals surface area contributed by atoms with Crippen LogP contribution in [0, 0.1) is 0 Å². The minimum atomic E-state index is -0.417. The number of methoxy groups -OCH3 is 1. The summed E-state index contributed by atoms with van der Waals surface area (Å²) in [6, 6.07) is 8.84. The van der Waals surface area contributed by atoms with E-state index in [0.29, 0.717) is 11.4 Å². The number of carbonyl (C=O) groups excluding carboxylic acids is 1. The summed E-state index contributed by atoms with van der Waals surface area (Å²) >= 11 is 0. The zero-order valence-electron chi connectivity index (χ0n) is 12.4. The quantitative estimate of drug-likeness (QED) is 0.914. The minimum Gasteiger partial charge on any atom is -0.495 e. The Kier molecular flexibility index (Phi) is 3.96. The van der Waals surface area contributed by atoms with Gasteiger partial charge >= 0.3 is 0 Å². The van der Waals surface area contributed by atoms with Gasteiger partial charge in [0.1, 0.15) is 11.3 Å². The molecule has 0 fully saturated rings. The van der Waals surface area contributed by atoms with Crippen molar-refractivity contribution in [3.8, 4) is 5.75 Å². The topological polar surface area (TPSA) is 71.2 Å². The predicted molar refractivity (Wildman–Crippen MR) is 84.7 cm³/mol. The van der Waals surface area contributed by atoms with Gasteiger partial charge in [0.2, 0.25) is 0 Å². The molecule has 0 saturated carbocycles. The third-order valence-electron chi connectivity index (χ3n) is 3.94. The molecule has 22 heavy (non-hydrogen) atoms. The summed E-state index contributed by atoms with van der Waals surface area (Å²) in [5.74, 6) is 0.143. The summed E-state index contributed by atoms with van der Waals surface area (Å²) in [5, 5.41) is 2.74. The molecular weight excluding hydrogens is 280 g/mol. The van der Waals surface area contributed by atoms with Crippen LogP contribution in [0.2, 0.25) is 0 Å². The number of fused-ring (bicyclic) bond motifs is 1. The van der Waals surface area contributed by atoms with Crippen molar-refractivity contribution in [1.29, 1.82) is 0 Å². The third-order valence-corrected chi connectivity index (χ3v) is 3.94. The second-order valence-electron chi connectivity index (χ2n) is 5.38. The molecule has 3 rings (SSSR count). The zero-order valence-corrected chi connectivity index (χ0v) is 12.4. The van der Waals surface area contributed by atoms with Crippen LogP contribution in [0.15, 0.2) is 35.1 Å². The van der Waals surface area contributed by atoms with Gasteiger partial charge in [-0.05, 0) is 49.4 Å². The smallest absolute Gasteiger partial charge is 0.261 e. The highest BCUT2D eigenvalue weighted by Crippen LogP contribution is 2.24. The van der Waals surface area contributed by atoms with Crippen LogP contribution in [0.5, 0.6) is 5.75 Å². The number of hydrogen-bond acceptors (Lipinski definition) is 3. The SMILES string of the molecule is COc1ccccc1NC(=O)c1cc2c([nH]c1=O)CCCC2. The number of aromatic nitrogens is 1. The van der Waals surface area contributed by atoms with E-state index in [1.54, 1.807) is 24.3 Å². The van der Waals surface area contributed by atoms with Crippen molar-refractivity contribution in [2.45, 2.75) is 25.7 Å². The fourth-order valence-electron chi connectivity index (χ4n) is 2.78. The second kappa shape index (κ2) is 6.05. The molecule has 0 unspecified atom stereocenters. The van der Waals surface area contributed by atoms with Gasteiger partial charge in [-0.25, -0.2) is 0 Å². The summed E-state index contributed by atoms with van der Waals surface area (Å²) in [4.78, 5) is 27.4. The van der Waals surface area contributed by atoms with Crippen LogP contribution in [0.25, 0.3) is 0 Å². The van der Waals surface area contributed by atoms with E-state index in [9.17, 15) is 9.59 Å². The van der Waals surface area contributed by atoms with E-state index < -0.39 is 5.91 Å². The lowest BCUT2D eigenvalue weighted by molar-refractivity contribution is 0.102. The number of hydrogen-bond donors (Lipinski definition) is 2. The molecule has 0 radical (unpaired) electrons. The van der Waals surface area contributed by atoms with Crippen LogP contribution in [0.3, 0.4) is 0 Å². The van der Waals surface area contributed by atoms with Crippen LogP contribution in [0.4, 0.5) is 5.69 Å². The number of aryl methyl sites for hydroxylation is 2. The molecule has 2 aromatic rings. The molecule has 0 atom stereocenters. The van der Waals surface area contributed by atoms with E-state index in [4.69, 9.17) is 4.74 Å². The molecule has 1 amide bonds. The van der Waals surface area contributed by atoms with Crippen molar-refractivity contribution in [2.75, 3.05) is 12.4 Å². The van der Waals surface area contributed by atoms with Crippen LogP contribution < -0.4 is 15.6 Å². The number of para-hydroxylation sites is 2. The number of carbonyl (C=O) groups is 1. The molecule has 114 valence electrons. The molecule has 2 N–H and O–H groups in total. The molecule has 0 saturated heterocycles. The Morgan fingerprint density at radius 2 is 2.00 bits per heavy atom. The number of amides is 1. The molecule has 1 aromatic heterocycles. The van der Waals surface area contributed by atoms with E-state index in [1.165, 1.54) is 7.11 Å². The number of pyridine rings is 1. The van der Waals surface area contributed by atoms with Gasteiger partial charge in [0.15, 0.2) is 0 Å². The fraction of sp³-hybridized carbons (Fsp3) is 0.294. The fourth-order valence-corrected chi connectivity index (χ4v) is 2.78. The van der Waals surface area contributed by atoms with E-state index in [-0.39, 0.29) is 11.1 Å². The van der Waals surface area contributed by atoms with Gasteiger partial charge in [-0.3, -0.25) is 9.59 Å². The number of benzene rings is 1. The molecule has 1 aliphatic rings. The summed E-state index contributed by atoms with van der Waals surface area (Å²) in [7, 11) is 1.54. The predicted octanol–water partition coefficient (Wildman–Crippen LogP) is 2.51. The Labute approximate surface area is 128 Å². The van der Waals surface area contributed by atoms with Gasteiger partial charge in [0, 0.05) is 5.69 Å². The summed E-state index contributed by atoms with van der Waals surface area (Å²) in [6.45, 7) is 0. The highest BCUT2D eigenvalue weighted by atomic mass is 16.5. The van der Waals surface area contributed by atoms with Gasteiger partial charge in [0.25, 0.3) is 11.5 Å². The Bertz CT molecular complexity index is 765. The molecule has 5 heteroatoms. The Hall–Kier alpha value is -2.56. The Morgan fingerprint density at radius 1 is 1.23 bits per heavy atom. The minimum absolute atomic E-state index is 0.145. The van der Waals surface area contributed by atoms with Gasteiger partial charge in [-0.15, -0.1) is 0 Å². The zero-order chi connectivity index (χ0) is 15.5. The van der Waals surface area contributed by atoms with Crippen LogP contribution in [0.1, 0.15) is 34.5 Å². The first kappa shape index (κ1) is 14.4. The van der Waals surface area contributed by atoms with Crippen molar-refractivity contribution in [1.82, 2.24) is 4.98 Å². The highest BCUT2D eigenvalue weighted by Gasteiger charge is 2.18. The van der Waals surface area contributed by atoms with Crippen molar-refractivity contribution in [3.63, 3.8) is 0 Å². The van der Waals surface area contributed by atoms with Crippen LogP contribution in [-0.2, 0) is 12.8 Å². The Morgan fingerprint density at radius 3 is 2.82 bits per heavy atom. The molecule has 0 spiro atoms. The standard InChI is InChI=1S/C17H18N2O3/c1-22-15-9-5-4-8-14(15)19-17(21)12-10-11-6-2-3-7-13(11)18-16(12)20/h4-5,8-10H,2-3,6-7H2,1H3,(H,18,20)(H,19,21). The van der Waals surface area contributed by atoms with Gasteiger partial charge in [-0.2, -0.15) is 0 Å². The number of anilines is 1. The molecule has 1 aromatic carbocycles. The summed E-state index contributed by atoms with van der Waals surface area (Å²) in [5.41, 5.74) is 2.38. The molecule has 0 aliphatic heterocycles. The van der Waals surface area contributed by atoms with Crippen LogP contribution >= 0.6 is 0 Å². The van der Waals surface area contributed by atoms with Crippen molar-refractivity contribution >= 4 is 11.6 Å². The molecule has 5 nitrogen and oxygen atoms in total. The largest absolute Gasteiger partial charge is 0.495 e. The normalized spacial score (nSPS) is 13.3. The summed E-state index contributed by atoms with van der Waals surface area (Å²) < 4.78 is 5.20. The molecule has 0 bridgehead atoms. The summed E-state index contributed by atoms with van der Waals surface area (Å²) in [6.07, 6.45) is 3.95. The Balaban J connectivity index is 1.91.